The number of carboxylic acids is 1. The smallest absolute Gasteiger partial charge is 0.353 e. The first-order valence-electron chi connectivity index (χ1n) is 10.9. The average molecular weight is 512 g/mol. The second-order valence-corrected chi connectivity index (χ2v) is 10.3. The molecular weight excluding hydrogens is 486 g/mol. The monoisotopic (exact) mass is 511 g/mol. The number of carboxylic acid groups (broad SMARTS) is 1. The number of hydrogen-bond donors (Lipinski definition) is 5. The fraction of sp³-hybridized carbons (Fsp3) is 0.250. The van der Waals surface area contributed by atoms with Crippen molar-refractivity contribution in [3.05, 3.63) is 76.3 Å². The van der Waals surface area contributed by atoms with Crippen molar-refractivity contribution in [1.29, 1.82) is 5.41 Å². The largest absolute Gasteiger partial charge is 0.477 e. The lowest BCUT2D eigenvalue weighted by atomic mass is 9.86. The topological polar surface area (TPSA) is 163 Å². The molecule has 2 aliphatic rings. The van der Waals surface area contributed by atoms with Crippen LogP contribution >= 0.6 is 23.5 Å². The van der Waals surface area contributed by atoms with Crippen LogP contribution in [0.5, 0.6) is 0 Å². The Morgan fingerprint density at radius 3 is 2.54 bits per heavy atom. The Bertz CT molecular complexity index is 1200. The van der Waals surface area contributed by atoms with Gasteiger partial charge in [0.15, 0.2) is 5.17 Å². The third-order valence-electron chi connectivity index (χ3n) is 5.92. The van der Waals surface area contributed by atoms with E-state index in [1.54, 1.807) is 24.3 Å². The molecule has 2 amide bonds. The molecule has 9 nitrogen and oxygen atoms in total. The Labute approximate surface area is 210 Å². The van der Waals surface area contributed by atoms with E-state index in [9.17, 15) is 19.5 Å². The van der Waals surface area contributed by atoms with Crippen molar-refractivity contribution in [2.24, 2.45) is 11.5 Å². The fourth-order valence-electron chi connectivity index (χ4n) is 4.19. The molecule has 0 radical (unpaired) electrons. The van der Waals surface area contributed by atoms with Crippen LogP contribution in [0.15, 0.2) is 70.1 Å². The van der Waals surface area contributed by atoms with Crippen LogP contribution in [0.2, 0.25) is 0 Å². The number of amidine groups is 1. The zero-order valence-corrected chi connectivity index (χ0v) is 20.3. The van der Waals surface area contributed by atoms with Crippen LogP contribution in [-0.4, -0.2) is 45.0 Å². The van der Waals surface area contributed by atoms with Gasteiger partial charge in [0.2, 0.25) is 5.91 Å². The van der Waals surface area contributed by atoms with Gasteiger partial charge >= 0.3 is 5.97 Å². The summed E-state index contributed by atoms with van der Waals surface area (Å²) in [4.78, 5) is 40.5. The number of hydrogen-bond acceptors (Lipinski definition) is 7. The standard InChI is InChI=1S/C24H25N5O4S2/c25-18(13-6-2-1-3-7-13)21(30)28-19-15-10-11-17(20(23(32)33)29(15)22(19)31)35-16-9-5-4-8-14(16)12-34-24(26)27/h1-9,15,18-19H,10-12,25H2,(H3,26,27)(H,28,30)(H,32,33)/t15-,18-,19+/m1/s1. The molecule has 0 aromatic heterocycles. The number of benzene rings is 2. The van der Waals surface area contributed by atoms with Crippen molar-refractivity contribution in [2.75, 3.05) is 0 Å². The van der Waals surface area contributed by atoms with Gasteiger partial charge in [0.05, 0.1) is 6.04 Å². The van der Waals surface area contributed by atoms with Gasteiger partial charge in [-0.05, 0) is 30.0 Å². The van der Waals surface area contributed by atoms with Gasteiger partial charge in [-0.15, -0.1) is 0 Å². The van der Waals surface area contributed by atoms with Crippen LogP contribution in [0.25, 0.3) is 0 Å². The van der Waals surface area contributed by atoms with E-state index >= 15 is 0 Å². The molecule has 0 unspecified atom stereocenters. The van der Waals surface area contributed by atoms with E-state index in [1.165, 1.54) is 28.4 Å². The van der Waals surface area contributed by atoms with Gasteiger partial charge in [-0.25, -0.2) is 4.79 Å². The summed E-state index contributed by atoms with van der Waals surface area (Å²) in [6.45, 7) is 0. The molecule has 1 fully saturated rings. The highest BCUT2D eigenvalue weighted by Crippen LogP contribution is 2.44. The summed E-state index contributed by atoms with van der Waals surface area (Å²) in [6.07, 6.45) is 0.965. The number of β-lactam (4-membered cyclic amide) rings is 1. The van der Waals surface area contributed by atoms with E-state index < -0.39 is 35.9 Å². The highest BCUT2D eigenvalue weighted by atomic mass is 32.2. The lowest BCUT2D eigenvalue weighted by molar-refractivity contribution is -0.156. The minimum Gasteiger partial charge on any atom is -0.477 e. The molecule has 11 heteroatoms. The predicted molar refractivity (Wildman–Crippen MR) is 135 cm³/mol. The van der Waals surface area contributed by atoms with Crippen molar-refractivity contribution in [3.63, 3.8) is 0 Å². The van der Waals surface area contributed by atoms with Crippen molar-refractivity contribution in [1.82, 2.24) is 10.2 Å². The SMILES string of the molecule is N=C(N)SCc1ccccc1SC1=C(C(=O)O)N2C(=O)[C@@H](NC(=O)[C@H](N)c3ccccc3)[C@H]2CC1. The molecular formula is C24H25N5O4S2. The van der Waals surface area contributed by atoms with Gasteiger partial charge in [-0.1, -0.05) is 72.1 Å². The number of rotatable bonds is 8. The lowest BCUT2D eigenvalue weighted by Crippen LogP contribution is -2.72. The molecule has 7 N–H and O–H groups in total. The number of thioether (sulfide) groups is 2. The van der Waals surface area contributed by atoms with E-state index in [4.69, 9.17) is 16.9 Å². The Balaban J connectivity index is 1.51. The summed E-state index contributed by atoms with van der Waals surface area (Å²) in [7, 11) is 0. The minimum absolute atomic E-state index is 0.00185. The number of carbonyl (C=O) groups excluding carboxylic acids is 2. The first-order valence-corrected chi connectivity index (χ1v) is 12.7. The summed E-state index contributed by atoms with van der Waals surface area (Å²) in [5, 5.41) is 20.1. The number of nitrogens with zero attached hydrogens (tertiary/aromatic N) is 1. The predicted octanol–water partition coefficient (Wildman–Crippen LogP) is 2.39. The Morgan fingerprint density at radius 1 is 1.17 bits per heavy atom. The van der Waals surface area contributed by atoms with Crippen LogP contribution < -0.4 is 16.8 Å². The number of amides is 2. The third-order valence-corrected chi connectivity index (χ3v) is 7.95. The lowest BCUT2D eigenvalue weighted by Gasteiger charge is -2.50. The molecule has 3 atom stereocenters. The van der Waals surface area contributed by atoms with Gasteiger partial charge in [0.25, 0.3) is 5.91 Å². The normalized spacial score (nSPS) is 20.0. The maximum Gasteiger partial charge on any atom is 0.353 e. The van der Waals surface area contributed by atoms with Crippen molar-refractivity contribution < 1.29 is 19.5 Å². The third kappa shape index (κ3) is 5.21. The first kappa shape index (κ1) is 24.8. The fourth-order valence-corrected chi connectivity index (χ4v) is 6.03. The molecule has 0 spiro atoms. The number of nitrogens with two attached hydrogens (primary N) is 2. The van der Waals surface area contributed by atoms with Crippen molar-refractivity contribution >= 4 is 46.5 Å². The summed E-state index contributed by atoms with van der Waals surface area (Å²) in [5.41, 5.74) is 13.0. The molecule has 0 aliphatic carbocycles. The van der Waals surface area contributed by atoms with Crippen LogP contribution in [0.4, 0.5) is 0 Å². The summed E-state index contributed by atoms with van der Waals surface area (Å²) in [6, 6.07) is 14.2. The summed E-state index contributed by atoms with van der Waals surface area (Å²) in [5.74, 6) is -1.65. The van der Waals surface area contributed by atoms with Gasteiger partial charge in [-0.2, -0.15) is 0 Å². The molecule has 2 heterocycles. The number of nitrogens with one attached hydrogen (secondary N) is 2. The van der Waals surface area contributed by atoms with Gasteiger partial charge in [-0.3, -0.25) is 19.9 Å². The molecule has 2 aromatic carbocycles. The van der Waals surface area contributed by atoms with E-state index in [0.717, 1.165) is 10.5 Å². The molecule has 182 valence electrons. The van der Waals surface area contributed by atoms with E-state index in [1.807, 2.05) is 30.3 Å². The van der Waals surface area contributed by atoms with Crippen LogP contribution in [0.3, 0.4) is 0 Å². The Kier molecular flexibility index (Phi) is 7.48. The highest BCUT2D eigenvalue weighted by molar-refractivity contribution is 8.13. The molecule has 2 aromatic rings. The quantitative estimate of drug-likeness (QED) is 0.205. The number of carbonyl (C=O) groups is 3. The summed E-state index contributed by atoms with van der Waals surface area (Å²) >= 11 is 2.50. The van der Waals surface area contributed by atoms with E-state index in [-0.39, 0.29) is 10.9 Å². The molecule has 35 heavy (non-hydrogen) atoms. The van der Waals surface area contributed by atoms with Crippen molar-refractivity contribution in [3.8, 4) is 0 Å². The molecule has 0 saturated carbocycles. The molecule has 4 rings (SSSR count). The highest BCUT2D eigenvalue weighted by Gasteiger charge is 2.53. The van der Waals surface area contributed by atoms with E-state index in [2.05, 4.69) is 5.32 Å². The van der Waals surface area contributed by atoms with Gasteiger partial charge < -0.3 is 21.9 Å². The zero-order chi connectivity index (χ0) is 25.1. The Hall–Kier alpha value is -3.28. The Morgan fingerprint density at radius 2 is 1.86 bits per heavy atom. The number of allylic oxidation sites excluding steroid dienone is 1. The zero-order valence-electron chi connectivity index (χ0n) is 18.6. The van der Waals surface area contributed by atoms with E-state index in [0.29, 0.717) is 29.1 Å². The average Bonchev–Trinajstić information content (AvgIpc) is 2.86. The maximum atomic E-state index is 13.0. The maximum absolute atomic E-state index is 13.0. The van der Waals surface area contributed by atoms with Crippen LogP contribution in [0.1, 0.15) is 30.0 Å². The molecule has 1 saturated heterocycles. The van der Waals surface area contributed by atoms with Crippen molar-refractivity contribution in [2.45, 2.75) is 41.6 Å². The van der Waals surface area contributed by atoms with Gasteiger partial charge in [0.1, 0.15) is 17.8 Å². The second-order valence-electron chi connectivity index (χ2n) is 8.13. The molecule has 2 aliphatic heterocycles. The molecule has 0 bridgehead atoms. The first-order chi connectivity index (χ1) is 16.8. The second kappa shape index (κ2) is 10.5. The number of aliphatic carboxylic acids is 1. The summed E-state index contributed by atoms with van der Waals surface area (Å²) < 4.78 is 0. The van der Waals surface area contributed by atoms with Crippen LogP contribution in [-0.2, 0) is 20.1 Å². The minimum atomic E-state index is -1.19. The van der Waals surface area contributed by atoms with Crippen LogP contribution in [0, 0.1) is 5.41 Å². The number of fused-ring (bicyclic) bond motifs is 1. The van der Waals surface area contributed by atoms with Gasteiger partial charge in [0, 0.05) is 15.6 Å².